The third kappa shape index (κ3) is 3.06. The number of para-hydroxylation sites is 1. The second-order valence-electron chi connectivity index (χ2n) is 3.59. The summed E-state index contributed by atoms with van der Waals surface area (Å²) in [4.78, 5) is 11.0. The highest BCUT2D eigenvalue weighted by Gasteiger charge is 2.25. The van der Waals surface area contributed by atoms with Crippen molar-refractivity contribution in [3.05, 3.63) is 44.6 Å². The van der Waals surface area contributed by atoms with Crippen LogP contribution in [0.3, 0.4) is 0 Å². The number of nitrogens with two attached hydrogens (primary N) is 1. The van der Waals surface area contributed by atoms with Gasteiger partial charge >= 0.3 is 10.1 Å². The van der Waals surface area contributed by atoms with E-state index in [9.17, 15) is 13.2 Å². The molecule has 9 heteroatoms. The summed E-state index contributed by atoms with van der Waals surface area (Å²) in [6.07, 6.45) is 0. The second kappa shape index (κ2) is 5.61. The molecule has 0 unspecified atom stereocenters. The average molecular weight is 352 g/mol. The van der Waals surface area contributed by atoms with Gasteiger partial charge in [0.2, 0.25) is 0 Å². The van der Waals surface area contributed by atoms with E-state index in [1.54, 1.807) is 0 Å². The highest BCUT2D eigenvalue weighted by molar-refractivity contribution is 7.87. The Labute approximate surface area is 129 Å². The maximum Gasteiger partial charge on any atom is 0.341 e. The number of amides is 1. The summed E-state index contributed by atoms with van der Waals surface area (Å²) >= 11 is 12.4. The third-order valence-corrected chi connectivity index (χ3v) is 5.24. The number of hydrogen-bond acceptors (Lipinski definition) is 5. The Morgan fingerprint density at radius 1 is 1.25 bits per heavy atom. The van der Waals surface area contributed by atoms with Gasteiger partial charge in [0, 0.05) is 0 Å². The number of halogens is 2. The van der Waals surface area contributed by atoms with Gasteiger partial charge in [0.1, 0.15) is 9.23 Å². The molecule has 0 spiro atoms. The Hall–Kier alpha value is -1.28. The van der Waals surface area contributed by atoms with E-state index in [0.29, 0.717) is 0 Å². The van der Waals surface area contributed by atoms with Crippen molar-refractivity contribution < 1.29 is 17.4 Å². The fraction of sp³-hybridized carbons (Fsp3) is 0. The van der Waals surface area contributed by atoms with E-state index in [1.165, 1.54) is 30.3 Å². The molecule has 1 aromatic carbocycles. The van der Waals surface area contributed by atoms with E-state index in [-0.39, 0.29) is 24.9 Å². The molecule has 5 nitrogen and oxygen atoms in total. The normalized spacial score (nSPS) is 11.3. The number of benzene rings is 1. The Kier molecular flexibility index (Phi) is 4.24. The zero-order valence-electron chi connectivity index (χ0n) is 9.67. The van der Waals surface area contributed by atoms with Crippen molar-refractivity contribution >= 4 is 50.6 Å². The Bertz CT molecular complexity index is 770. The number of rotatable bonds is 4. The van der Waals surface area contributed by atoms with Crippen LogP contribution in [0.4, 0.5) is 0 Å². The third-order valence-electron chi connectivity index (χ3n) is 2.25. The molecule has 0 radical (unpaired) electrons. The topological polar surface area (TPSA) is 86.5 Å². The minimum atomic E-state index is -4.19. The Morgan fingerprint density at radius 3 is 2.45 bits per heavy atom. The first-order valence-corrected chi connectivity index (χ1v) is 8.07. The number of carbonyl (C=O) groups excluding carboxylic acids is 1. The first kappa shape index (κ1) is 15.1. The molecule has 0 bridgehead atoms. The van der Waals surface area contributed by atoms with E-state index in [1.807, 2.05) is 0 Å². The van der Waals surface area contributed by atoms with E-state index >= 15 is 0 Å². The molecule has 20 heavy (non-hydrogen) atoms. The standard InChI is InChI=1S/C11H7Cl2NO4S2/c12-9-5-8(10(13)19-9)20(16,17)18-7-4-2-1-3-6(7)11(14)15/h1-5H,(H2,14,15). The van der Waals surface area contributed by atoms with Gasteiger partial charge in [0.15, 0.2) is 5.75 Å². The van der Waals surface area contributed by atoms with Crippen molar-refractivity contribution in [2.45, 2.75) is 4.90 Å². The van der Waals surface area contributed by atoms with E-state index < -0.39 is 16.0 Å². The molecule has 0 saturated heterocycles. The van der Waals surface area contributed by atoms with Crippen LogP contribution in [0.2, 0.25) is 8.67 Å². The van der Waals surface area contributed by atoms with Gasteiger partial charge in [0.25, 0.3) is 5.91 Å². The summed E-state index contributed by atoms with van der Waals surface area (Å²) in [7, 11) is -4.19. The van der Waals surface area contributed by atoms with Crippen LogP contribution in [-0.2, 0) is 10.1 Å². The van der Waals surface area contributed by atoms with Crippen molar-refractivity contribution in [1.29, 1.82) is 0 Å². The molecule has 1 aromatic heterocycles. The van der Waals surface area contributed by atoms with E-state index in [0.717, 1.165) is 11.3 Å². The van der Waals surface area contributed by atoms with Gasteiger partial charge in [-0.15, -0.1) is 11.3 Å². The first-order chi connectivity index (χ1) is 9.31. The van der Waals surface area contributed by atoms with Crippen LogP contribution in [0.15, 0.2) is 35.2 Å². The van der Waals surface area contributed by atoms with Gasteiger partial charge in [-0.2, -0.15) is 8.42 Å². The number of primary amides is 1. The van der Waals surface area contributed by atoms with Crippen molar-refractivity contribution in [3.8, 4) is 5.75 Å². The summed E-state index contributed by atoms with van der Waals surface area (Å²) in [5.41, 5.74) is 5.10. The van der Waals surface area contributed by atoms with Gasteiger partial charge < -0.3 is 9.92 Å². The lowest BCUT2D eigenvalue weighted by Crippen LogP contribution is -2.16. The van der Waals surface area contributed by atoms with Crippen LogP contribution < -0.4 is 9.92 Å². The van der Waals surface area contributed by atoms with Crippen LogP contribution in [0.5, 0.6) is 5.75 Å². The molecule has 2 aromatic rings. The van der Waals surface area contributed by atoms with Crippen molar-refractivity contribution in [2.75, 3.05) is 0 Å². The zero-order chi connectivity index (χ0) is 14.9. The summed E-state index contributed by atoms with van der Waals surface area (Å²) < 4.78 is 29.3. The molecule has 1 amide bonds. The molecule has 0 aliphatic rings. The molecule has 0 fully saturated rings. The van der Waals surface area contributed by atoms with Crippen molar-refractivity contribution in [3.63, 3.8) is 0 Å². The van der Waals surface area contributed by atoms with Crippen LogP contribution >= 0.6 is 34.5 Å². The predicted octanol–water partition coefficient (Wildman–Crippen LogP) is 2.92. The monoisotopic (exact) mass is 351 g/mol. The van der Waals surface area contributed by atoms with Gasteiger partial charge in [-0.3, -0.25) is 4.79 Å². The van der Waals surface area contributed by atoms with Crippen molar-refractivity contribution in [1.82, 2.24) is 0 Å². The summed E-state index contributed by atoms with van der Waals surface area (Å²) in [5.74, 6) is -0.969. The van der Waals surface area contributed by atoms with Gasteiger partial charge in [0.05, 0.1) is 9.90 Å². The SMILES string of the molecule is NC(=O)c1ccccc1OS(=O)(=O)c1cc(Cl)sc1Cl. The van der Waals surface area contributed by atoms with E-state index in [4.69, 9.17) is 33.1 Å². The highest BCUT2D eigenvalue weighted by atomic mass is 35.5. The minimum Gasteiger partial charge on any atom is -0.378 e. The van der Waals surface area contributed by atoms with Gasteiger partial charge in [-0.25, -0.2) is 0 Å². The number of thiophene rings is 1. The maximum absolute atomic E-state index is 12.1. The Balaban J connectivity index is 2.44. The largest absolute Gasteiger partial charge is 0.378 e. The quantitative estimate of drug-likeness (QED) is 0.857. The zero-order valence-corrected chi connectivity index (χ0v) is 12.8. The fourth-order valence-corrected chi connectivity index (χ4v) is 4.46. The summed E-state index contributed by atoms with van der Waals surface area (Å²) in [6, 6.07) is 6.90. The second-order valence-corrected chi connectivity index (χ2v) is 7.39. The van der Waals surface area contributed by atoms with Gasteiger partial charge in [-0.1, -0.05) is 35.3 Å². The van der Waals surface area contributed by atoms with Crippen LogP contribution in [0.25, 0.3) is 0 Å². The smallest absolute Gasteiger partial charge is 0.341 e. The Morgan fingerprint density at radius 2 is 1.90 bits per heavy atom. The van der Waals surface area contributed by atoms with Crippen LogP contribution in [-0.4, -0.2) is 14.3 Å². The minimum absolute atomic E-state index is 0.0217. The molecule has 106 valence electrons. The van der Waals surface area contributed by atoms with E-state index in [2.05, 4.69) is 0 Å². The molecular weight excluding hydrogens is 345 g/mol. The summed E-state index contributed by atoms with van der Waals surface area (Å²) in [5, 5.41) is 0. The summed E-state index contributed by atoms with van der Waals surface area (Å²) in [6.45, 7) is 0. The molecule has 0 aliphatic carbocycles. The molecule has 1 heterocycles. The molecule has 2 rings (SSSR count). The number of hydrogen-bond donors (Lipinski definition) is 1. The lowest BCUT2D eigenvalue weighted by atomic mass is 10.2. The van der Waals surface area contributed by atoms with Crippen LogP contribution in [0.1, 0.15) is 10.4 Å². The first-order valence-electron chi connectivity index (χ1n) is 5.09. The predicted molar refractivity (Wildman–Crippen MR) is 77.1 cm³/mol. The average Bonchev–Trinajstić information content (AvgIpc) is 2.69. The van der Waals surface area contributed by atoms with Gasteiger partial charge in [-0.05, 0) is 18.2 Å². The molecule has 0 aliphatic heterocycles. The highest BCUT2D eigenvalue weighted by Crippen LogP contribution is 2.35. The lowest BCUT2D eigenvalue weighted by Gasteiger charge is -2.08. The molecule has 0 saturated carbocycles. The van der Waals surface area contributed by atoms with Crippen molar-refractivity contribution in [2.24, 2.45) is 5.73 Å². The molecule has 0 atom stereocenters. The maximum atomic E-state index is 12.1. The van der Waals surface area contributed by atoms with Crippen LogP contribution in [0, 0.1) is 0 Å². The molecule has 2 N–H and O–H groups in total. The molecular formula is C11H7Cl2NO4S2. The number of carbonyl (C=O) groups is 1. The fourth-order valence-electron chi connectivity index (χ4n) is 1.40. The lowest BCUT2D eigenvalue weighted by molar-refractivity contribution is 0.0999.